The van der Waals surface area contributed by atoms with Crippen molar-refractivity contribution < 1.29 is 33.0 Å². The molecular formula is C34H34N2O8S. The summed E-state index contributed by atoms with van der Waals surface area (Å²) in [7, 11) is 1.54. The third-order valence-corrected chi connectivity index (χ3v) is 8.03. The molecule has 0 fully saturated rings. The molecule has 45 heavy (non-hydrogen) atoms. The van der Waals surface area contributed by atoms with Crippen LogP contribution in [0.25, 0.3) is 17.4 Å². The smallest absolute Gasteiger partial charge is 0.338 e. The summed E-state index contributed by atoms with van der Waals surface area (Å²) in [6, 6.07) is 15.0. The minimum absolute atomic E-state index is 0.160. The van der Waals surface area contributed by atoms with Gasteiger partial charge < -0.3 is 23.4 Å². The number of carbonyl (C=O) groups is 2. The summed E-state index contributed by atoms with van der Waals surface area (Å²) in [5.74, 6) is 0.895. The summed E-state index contributed by atoms with van der Waals surface area (Å²) < 4.78 is 30.2. The summed E-state index contributed by atoms with van der Waals surface area (Å²) in [6.07, 6.45) is 2.39. The quantitative estimate of drug-likeness (QED) is 0.212. The average Bonchev–Trinajstić information content (AvgIpc) is 3.63. The fraction of sp³-hybridized carbons (Fsp3) is 0.294. The molecule has 2 aromatic carbocycles. The van der Waals surface area contributed by atoms with Crippen molar-refractivity contribution in [2.45, 2.75) is 40.2 Å². The summed E-state index contributed by atoms with van der Waals surface area (Å²) in [5.41, 5.74) is 2.01. The van der Waals surface area contributed by atoms with Crippen molar-refractivity contribution in [2.75, 3.05) is 26.9 Å². The van der Waals surface area contributed by atoms with Gasteiger partial charge in [-0.1, -0.05) is 42.5 Å². The number of nitrogens with zero attached hydrogens (tertiary/aromatic N) is 2. The fourth-order valence-electron chi connectivity index (χ4n) is 5.08. The van der Waals surface area contributed by atoms with Crippen LogP contribution in [0.4, 0.5) is 0 Å². The second-order valence-electron chi connectivity index (χ2n) is 10.0. The number of fused-ring (bicyclic) bond motifs is 1. The first-order chi connectivity index (χ1) is 21.8. The topological polar surface area (TPSA) is 119 Å². The van der Waals surface area contributed by atoms with Crippen LogP contribution in [0.1, 0.15) is 61.8 Å². The number of rotatable bonds is 11. The minimum atomic E-state index is -0.873. The second kappa shape index (κ2) is 13.8. The molecule has 1 aliphatic rings. The molecule has 3 heterocycles. The van der Waals surface area contributed by atoms with Crippen molar-refractivity contribution in [2.24, 2.45) is 4.99 Å². The molecule has 0 aliphatic carbocycles. The number of hydrogen-bond acceptors (Lipinski definition) is 10. The van der Waals surface area contributed by atoms with Gasteiger partial charge in [-0.15, -0.1) is 0 Å². The molecule has 1 atom stereocenters. The van der Waals surface area contributed by atoms with Gasteiger partial charge in [-0.05, 0) is 57.5 Å². The molecule has 11 heteroatoms. The molecule has 4 aromatic rings. The van der Waals surface area contributed by atoms with Gasteiger partial charge in [-0.25, -0.2) is 14.6 Å². The Bertz CT molecular complexity index is 1950. The van der Waals surface area contributed by atoms with Crippen molar-refractivity contribution in [1.29, 1.82) is 0 Å². The predicted octanol–water partition coefficient (Wildman–Crippen LogP) is 5.03. The molecule has 0 spiro atoms. The summed E-state index contributed by atoms with van der Waals surface area (Å²) in [6.45, 7) is 8.04. The highest BCUT2D eigenvalue weighted by atomic mass is 32.1. The molecule has 0 N–H and O–H groups in total. The zero-order valence-electron chi connectivity index (χ0n) is 25.7. The Morgan fingerprint density at radius 1 is 1.02 bits per heavy atom. The van der Waals surface area contributed by atoms with Crippen LogP contribution in [0, 0.1) is 0 Å². The van der Waals surface area contributed by atoms with Gasteiger partial charge in [0.05, 0.1) is 48.3 Å². The van der Waals surface area contributed by atoms with Crippen molar-refractivity contribution in [3.63, 3.8) is 0 Å². The van der Waals surface area contributed by atoms with Crippen molar-refractivity contribution in [1.82, 2.24) is 4.57 Å². The third-order valence-electron chi connectivity index (χ3n) is 7.05. The van der Waals surface area contributed by atoms with E-state index in [4.69, 9.17) is 23.4 Å². The number of aromatic nitrogens is 1. The van der Waals surface area contributed by atoms with Crippen LogP contribution in [-0.4, -0.2) is 43.4 Å². The molecule has 5 rings (SSSR count). The van der Waals surface area contributed by atoms with Gasteiger partial charge >= 0.3 is 11.9 Å². The number of ether oxygens (including phenoxy) is 4. The normalized spacial score (nSPS) is 14.5. The Labute approximate surface area is 263 Å². The molecule has 0 bridgehead atoms. The van der Waals surface area contributed by atoms with Crippen LogP contribution in [0.5, 0.6) is 11.5 Å². The Hall–Kier alpha value is -4.90. The highest BCUT2D eigenvalue weighted by molar-refractivity contribution is 7.07. The molecule has 0 radical (unpaired) electrons. The monoisotopic (exact) mass is 630 g/mol. The SMILES string of the molecule is CCCOc1c(OC)cccc1[C@@H]1C(C(=O)OCC)=C(C)N=c2s/c(=C/c3ccc(-c4cccc(C(=O)OCC)c4)o3)c(=O)n21. The number of methoxy groups -OCH3 is 1. The van der Waals surface area contributed by atoms with E-state index < -0.39 is 18.0 Å². The van der Waals surface area contributed by atoms with E-state index in [1.54, 1.807) is 76.4 Å². The van der Waals surface area contributed by atoms with Gasteiger partial charge in [-0.3, -0.25) is 9.36 Å². The Kier molecular flexibility index (Phi) is 9.68. The second-order valence-corrected chi connectivity index (χ2v) is 11.0. The molecule has 234 valence electrons. The van der Waals surface area contributed by atoms with Crippen molar-refractivity contribution >= 4 is 29.4 Å². The fourth-order valence-corrected chi connectivity index (χ4v) is 6.11. The molecule has 0 unspecified atom stereocenters. The van der Waals surface area contributed by atoms with Crippen molar-refractivity contribution in [3.05, 3.63) is 102 Å². The van der Waals surface area contributed by atoms with Crippen LogP contribution < -0.4 is 24.4 Å². The van der Waals surface area contributed by atoms with Crippen LogP contribution in [0.2, 0.25) is 0 Å². The highest BCUT2D eigenvalue weighted by Crippen LogP contribution is 2.41. The van der Waals surface area contributed by atoms with Gasteiger partial charge in [0.15, 0.2) is 16.3 Å². The summed E-state index contributed by atoms with van der Waals surface area (Å²) >= 11 is 1.19. The summed E-state index contributed by atoms with van der Waals surface area (Å²) in [4.78, 5) is 44.8. The average molecular weight is 631 g/mol. The number of thiazole rings is 1. The predicted molar refractivity (Wildman–Crippen MR) is 169 cm³/mol. The van der Waals surface area contributed by atoms with Gasteiger partial charge in [0.25, 0.3) is 5.56 Å². The lowest BCUT2D eigenvalue weighted by Crippen LogP contribution is -2.40. The van der Waals surface area contributed by atoms with Gasteiger partial charge in [0, 0.05) is 17.2 Å². The number of carbonyl (C=O) groups excluding carboxylic acids is 2. The Balaban J connectivity index is 1.63. The lowest BCUT2D eigenvalue weighted by Gasteiger charge is -2.27. The van der Waals surface area contributed by atoms with E-state index >= 15 is 0 Å². The van der Waals surface area contributed by atoms with E-state index in [-0.39, 0.29) is 24.3 Å². The van der Waals surface area contributed by atoms with Crippen molar-refractivity contribution in [3.8, 4) is 22.8 Å². The molecule has 1 aliphatic heterocycles. The molecule has 0 saturated heterocycles. The maximum absolute atomic E-state index is 14.1. The van der Waals surface area contributed by atoms with Crippen LogP contribution >= 0.6 is 11.3 Å². The third kappa shape index (κ3) is 6.34. The number of para-hydroxylation sites is 1. The van der Waals surface area contributed by atoms with Crippen LogP contribution in [0.15, 0.2) is 80.1 Å². The van der Waals surface area contributed by atoms with Gasteiger partial charge in [-0.2, -0.15) is 0 Å². The maximum atomic E-state index is 14.1. The zero-order valence-corrected chi connectivity index (χ0v) is 26.6. The molecule has 0 saturated carbocycles. The molecule has 2 aromatic heterocycles. The van der Waals surface area contributed by atoms with Crippen LogP contribution in [-0.2, 0) is 14.3 Å². The molecule has 0 amide bonds. The minimum Gasteiger partial charge on any atom is -0.493 e. The summed E-state index contributed by atoms with van der Waals surface area (Å²) in [5, 5.41) is 0. The number of esters is 2. The lowest BCUT2D eigenvalue weighted by atomic mass is 9.94. The molecular weight excluding hydrogens is 596 g/mol. The van der Waals surface area contributed by atoms with E-state index in [1.807, 2.05) is 19.1 Å². The van der Waals surface area contributed by atoms with Gasteiger partial charge in [0.2, 0.25) is 0 Å². The van der Waals surface area contributed by atoms with E-state index in [0.29, 0.717) is 61.3 Å². The van der Waals surface area contributed by atoms with Gasteiger partial charge in [0.1, 0.15) is 17.6 Å². The highest BCUT2D eigenvalue weighted by Gasteiger charge is 2.36. The van der Waals surface area contributed by atoms with Crippen LogP contribution in [0.3, 0.4) is 0 Å². The Morgan fingerprint density at radius 2 is 1.78 bits per heavy atom. The maximum Gasteiger partial charge on any atom is 0.338 e. The largest absolute Gasteiger partial charge is 0.493 e. The van der Waals surface area contributed by atoms with E-state index in [2.05, 4.69) is 4.99 Å². The van der Waals surface area contributed by atoms with E-state index in [1.165, 1.54) is 15.9 Å². The Morgan fingerprint density at radius 3 is 2.51 bits per heavy atom. The lowest BCUT2D eigenvalue weighted by molar-refractivity contribution is -0.139. The zero-order chi connectivity index (χ0) is 32.1. The molecule has 10 nitrogen and oxygen atoms in total. The first-order valence-corrected chi connectivity index (χ1v) is 15.5. The standard InChI is InChI=1S/C34H34N2O8S/c1-6-17-43-30-24(13-10-14-26(30)40-5)29-28(33(39)42-8-3)20(4)35-34-36(29)31(37)27(45-34)19-23-15-16-25(44-23)21-11-9-12-22(18-21)32(38)41-7-2/h9-16,18-19,29H,6-8,17H2,1-5H3/b27-19+/t29-/m1/s1. The van der Waals surface area contributed by atoms with E-state index in [0.717, 1.165) is 6.42 Å². The number of benzene rings is 2. The first kappa shape index (κ1) is 31.5. The first-order valence-electron chi connectivity index (χ1n) is 14.7. The number of hydrogen-bond donors (Lipinski definition) is 0. The number of allylic oxidation sites excluding steroid dienone is 1. The number of furan rings is 1. The van der Waals surface area contributed by atoms with E-state index in [9.17, 15) is 14.4 Å².